The summed E-state index contributed by atoms with van der Waals surface area (Å²) in [5, 5.41) is 13.7. The molecule has 2 N–H and O–H groups in total. The molecule has 23 heavy (non-hydrogen) atoms. The molecule has 0 aliphatic carbocycles. The molecule has 1 heterocycles. The highest BCUT2D eigenvalue weighted by Crippen LogP contribution is 2.19. The monoisotopic (exact) mass is 319 g/mol. The topological polar surface area (TPSA) is 57.1 Å². The number of hydrogen-bond donors (Lipinski definition) is 2. The van der Waals surface area contributed by atoms with Gasteiger partial charge in [0.25, 0.3) is 0 Å². The van der Waals surface area contributed by atoms with Crippen LogP contribution in [0, 0.1) is 5.92 Å². The molecule has 1 aliphatic heterocycles. The third-order valence-electron chi connectivity index (χ3n) is 4.21. The predicted molar refractivity (Wildman–Crippen MR) is 93.9 cm³/mol. The first kappa shape index (κ1) is 17.6. The number of ether oxygens (including phenoxy) is 1. The van der Waals surface area contributed by atoms with E-state index < -0.39 is 6.10 Å². The summed E-state index contributed by atoms with van der Waals surface area (Å²) in [7, 11) is 1.64. The second-order valence-corrected chi connectivity index (χ2v) is 6.18. The van der Waals surface area contributed by atoms with Crippen molar-refractivity contribution >= 4 is 5.96 Å². The lowest BCUT2D eigenvalue weighted by Gasteiger charge is -2.33. The zero-order valence-corrected chi connectivity index (χ0v) is 14.5. The van der Waals surface area contributed by atoms with E-state index in [-0.39, 0.29) is 0 Å². The fourth-order valence-corrected chi connectivity index (χ4v) is 2.91. The minimum absolute atomic E-state index is 0.361. The molecule has 2 unspecified atom stereocenters. The Bertz CT molecular complexity index is 501. The van der Waals surface area contributed by atoms with Gasteiger partial charge >= 0.3 is 0 Å². The second kappa shape index (κ2) is 8.77. The van der Waals surface area contributed by atoms with Crippen LogP contribution < -0.4 is 10.1 Å². The molecular weight excluding hydrogens is 290 g/mol. The van der Waals surface area contributed by atoms with Gasteiger partial charge in [0.05, 0.1) is 19.8 Å². The summed E-state index contributed by atoms with van der Waals surface area (Å²) in [6, 6.07) is 7.49. The Balaban J connectivity index is 2.00. The van der Waals surface area contributed by atoms with E-state index in [0.717, 1.165) is 36.9 Å². The Kier molecular flexibility index (Phi) is 6.71. The number of aliphatic hydroxyl groups excluding tert-OH is 1. The number of methoxy groups -OCH3 is 1. The Morgan fingerprint density at radius 3 is 2.78 bits per heavy atom. The normalized spacial score (nSPS) is 20.3. The molecule has 0 saturated carbocycles. The first-order valence-corrected chi connectivity index (χ1v) is 8.49. The summed E-state index contributed by atoms with van der Waals surface area (Å²) >= 11 is 0. The van der Waals surface area contributed by atoms with Gasteiger partial charge in [-0.25, -0.2) is 0 Å². The van der Waals surface area contributed by atoms with Crippen LogP contribution in [0.25, 0.3) is 0 Å². The summed E-state index contributed by atoms with van der Waals surface area (Å²) in [5.74, 6) is 2.39. The van der Waals surface area contributed by atoms with Crippen molar-refractivity contribution in [3.63, 3.8) is 0 Å². The predicted octanol–water partition coefficient (Wildman–Crippen LogP) is 2.43. The molecule has 0 aromatic heterocycles. The molecule has 128 valence electrons. The van der Waals surface area contributed by atoms with Crippen LogP contribution in [0.3, 0.4) is 0 Å². The van der Waals surface area contributed by atoms with Gasteiger partial charge in [-0.3, -0.25) is 4.99 Å². The van der Waals surface area contributed by atoms with Crippen LogP contribution in [0.1, 0.15) is 38.4 Å². The Hall–Kier alpha value is -1.75. The highest BCUT2D eigenvalue weighted by molar-refractivity contribution is 5.80. The highest BCUT2D eigenvalue weighted by Gasteiger charge is 2.19. The quantitative estimate of drug-likeness (QED) is 0.646. The minimum Gasteiger partial charge on any atom is -0.497 e. The maximum Gasteiger partial charge on any atom is 0.194 e. The van der Waals surface area contributed by atoms with Crippen molar-refractivity contribution in [2.45, 2.75) is 32.8 Å². The highest BCUT2D eigenvalue weighted by atomic mass is 16.5. The lowest BCUT2D eigenvalue weighted by Crippen LogP contribution is -2.46. The van der Waals surface area contributed by atoms with Gasteiger partial charge in [0.1, 0.15) is 5.75 Å². The number of hydrogen-bond acceptors (Lipinski definition) is 3. The van der Waals surface area contributed by atoms with Crippen molar-refractivity contribution in [2.75, 3.05) is 33.3 Å². The minimum atomic E-state index is -0.600. The summed E-state index contributed by atoms with van der Waals surface area (Å²) in [5.41, 5.74) is 0.859. The largest absolute Gasteiger partial charge is 0.497 e. The molecule has 5 nitrogen and oxygen atoms in total. The van der Waals surface area contributed by atoms with Crippen LogP contribution in [0.5, 0.6) is 5.75 Å². The van der Waals surface area contributed by atoms with E-state index in [9.17, 15) is 5.11 Å². The zero-order valence-electron chi connectivity index (χ0n) is 14.5. The first-order chi connectivity index (χ1) is 11.1. The molecular formula is C18H29N3O2. The van der Waals surface area contributed by atoms with Crippen LogP contribution in [-0.2, 0) is 0 Å². The van der Waals surface area contributed by atoms with E-state index >= 15 is 0 Å². The summed E-state index contributed by atoms with van der Waals surface area (Å²) < 4.78 is 5.14. The van der Waals surface area contributed by atoms with Gasteiger partial charge in [0.2, 0.25) is 0 Å². The maximum atomic E-state index is 10.4. The van der Waals surface area contributed by atoms with E-state index in [1.165, 1.54) is 12.8 Å². The summed E-state index contributed by atoms with van der Waals surface area (Å²) in [6.45, 7) is 7.62. The number of aliphatic imine (C=N–C) groups is 1. The van der Waals surface area contributed by atoms with Gasteiger partial charge in [0, 0.05) is 19.6 Å². The van der Waals surface area contributed by atoms with Crippen LogP contribution in [0.2, 0.25) is 0 Å². The van der Waals surface area contributed by atoms with Crippen LogP contribution in [0.4, 0.5) is 0 Å². The molecule has 5 heteroatoms. The molecule has 1 fully saturated rings. The molecule has 0 bridgehead atoms. The average Bonchev–Trinajstić information content (AvgIpc) is 2.58. The van der Waals surface area contributed by atoms with E-state index in [4.69, 9.17) is 4.74 Å². The number of rotatable bonds is 5. The molecule has 1 aromatic carbocycles. The fraction of sp³-hybridized carbons (Fsp3) is 0.611. The summed E-state index contributed by atoms with van der Waals surface area (Å²) in [4.78, 5) is 6.94. The molecule has 2 rings (SSSR count). The van der Waals surface area contributed by atoms with Crippen molar-refractivity contribution in [1.29, 1.82) is 0 Å². The third kappa shape index (κ3) is 5.13. The number of nitrogens with zero attached hydrogens (tertiary/aromatic N) is 2. The number of guanidine groups is 1. The molecule has 0 spiro atoms. The van der Waals surface area contributed by atoms with E-state index in [0.29, 0.717) is 12.5 Å². The van der Waals surface area contributed by atoms with Crippen molar-refractivity contribution in [2.24, 2.45) is 10.9 Å². The van der Waals surface area contributed by atoms with Crippen LogP contribution in [-0.4, -0.2) is 49.3 Å². The van der Waals surface area contributed by atoms with Gasteiger partial charge in [-0.15, -0.1) is 0 Å². The number of piperidine rings is 1. The van der Waals surface area contributed by atoms with Crippen molar-refractivity contribution in [3.8, 4) is 5.75 Å². The SMILES string of the molecule is CCNC(=NCC(O)c1ccc(OC)cc1)N1CCCC(C)C1. The summed E-state index contributed by atoms with van der Waals surface area (Å²) in [6.07, 6.45) is 1.88. The zero-order chi connectivity index (χ0) is 16.7. The molecule has 1 aromatic rings. The van der Waals surface area contributed by atoms with Crippen molar-refractivity contribution < 1.29 is 9.84 Å². The molecule has 1 aliphatic rings. The number of nitrogens with one attached hydrogen (secondary N) is 1. The van der Waals surface area contributed by atoms with Crippen LogP contribution in [0.15, 0.2) is 29.3 Å². The average molecular weight is 319 g/mol. The van der Waals surface area contributed by atoms with Gasteiger partial charge in [-0.1, -0.05) is 19.1 Å². The third-order valence-corrected chi connectivity index (χ3v) is 4.21. The van der Waals surface area contributed by atoms with Gasteiger partial charge in [-0.2, -0.15) is 0 Å². The smallest absolute Gasteiger partial charge is 0.194 e. The molecule has 1 saturated heterocycles. The first-order valence-electron chi connectivity index (χ1n) is 8.49. The van der Waals surface area contributed by atoms with E-state index in [2.05, 4.69) is 29.1 Å². The van der Waals surface area contributed by atoms with E-state index in [1.54, 1.807) is 7.11 Å². The van der Waals surface area contributed by atoms with Gasteiger partial charge in [0.15, 0.2) is 5.96 Å². The van der Waals surface area contributed by atoms with Crippen molar-refractivity contribution in [3.05, 3.63) is 29.8 Å². The van der Waals surface area contributed by atoms with E-state index in [1.807, 2.05) is 24.3 Å². The number of benzene rings is 1. The lowest BCUT2D eigenvalue weighted by atomic mass is 10.0. The van der Waals surface area contributed by atoms with Crippen LogP contribution >= 0.6 is 0 Å². The maximum absolute atomic E-state index is 10.4. The van der Waals surface area contributed by atoms with Gasteiger partial charge in [-0.05, 0) is 43.4 Å². The Morgan fingerprint density at radius 2 is 2.17 bits per heavy atom. The fourth-order valence-electron chi connectivity index (χ4n) is 2.91. The standard InChI is InChI=1S/C18H29N3O2/c1-4-19-18(21-11-5-6-14(2)13-21)20-12-17(22)15-7-9-16(23-3)10-8-15/h7-10,14,17,22H,4-6,11-13H2,1-3H3,(H,19,20). The number of aliphatic hydroxyl groups is 1. The molecule has 0 amide bonds. The van der Waals surface area contributed by atoms with Crippen molar-refractivity contribution in [1.82, 2.24) is 10.2 Å². The van der Waals surface area contributed by atoms with Gasteiger partial charge < -0.3 is 20.1 Å². The second-order valence-electron chi connectivity index (χ2n) is 6.18. The lowest BCUT2D eigenvalue weighted by molar-refractivity contribution is 0.185. The molecule has 2 atom stereocenters. The Labute approximate surface area is 139 Å². The Morgan fingerprint density at radius 1 is 1.43 bits per heavy atom. The molecule has 0 radical (unpaired) electrons. The number of likely N-dealkylation sites (tertiary alicyclic amines) is 1.